The van der Waals surface area contributed by atoms with Gasteiger partial charge in [0.2, 0.25) is 0 Å². The minimum atomic E-state index is -0.201. The number of aromatic nitrogens is 2. The van der Waals surface area contributed by atoms with Gasteiger partial charge in [0.15, 0.2) is 5.76 Å². The summed E-state index contributed by atoms with van der Waals surface area (Å²) in [6.07, 6.45) is 1.74. The average Bonchev–Trinajstić information content (AvgIpc) is 3.34. The average molecular weight is 462 g/mol. The Labute approximate surface area is 178 Å². The number of ether oxygens (including phenoxy) is 2. The second-order valence-electron chi connectivity index (χ2n) is 6.38. The van der Waals surface area contributed by atoms with Gasteiger partial charge in [-0.15, -0.1) is 0 Å². The van der Waals surface area contributed by atoms with Crippen LogP contribution in [0.5, 0.6) is 11.5 Å². The van der Waals surface area contributed by atoms with Crippen molar-refractivity contribution in [3.05, 3.63) is 64.3 Å². The van der Waals surface area contributed by atoms with Gasteiger partial charge in [0.1, 0.15) is 23.9 Å². The summed E-state index contributed by atoms with van der Waals surface area (Å²) in [6, 6.07) is 10.8. The lowest BCUT2D eigenvalue weighted by atomic mass is 10.3. The van der Waals surface area contributed by atoms with Crippen molar-refractivity contribution >= 4 is 21.8 Å². The Hall–Kier alpha value is -2.74. The van der Waals surface area contributed by atoms with Gasteiger partial charge in [-0.1, -0.05) is 0 Å². The number of carbonyl (C=O) groups excluding carboxylic acids is 1. The molecule has 0 unspecified atom stereocenters. The number of nitrogens with zero attached hydrogens (tertiary/aromatic N) is 3. The third kappa shape index (κ3) is 5.20. The van der Waals surface area contributed by atoms with Crippen LogP contribution in [0.2, 0.25) is 0 Å². The molecule has 8 heteroatoms. The maximum atomic E-state index is 12.7. The lowest BCUT2D eigenvalue weighted by molar-refractivity contribution is 0.0745. The number of rotatable bonds is 9. The fraction of sp³-hybridized carbons (Fsp3) is 0.333. The zero-order valence-electron chi connectivity index (χ0n) is 16.7. The first kappa shape index (κ1) is 21.0. The van der Waals surface area contributed by atoms with E-state index >= 15 is 0 Å². The van der Waals surface area contributed by atoms with Gasteiger partial charge in [0, 0.05) is 13.6 Å². The summed E-state index contributed by atoms with van der Waals surface area (Å²) in [7, 11) is 1.74. The maximum absolute atomic E-state index is 12.7. The van der Waals surface area contributed by atoms with E-state index in [0.29, 0.717) is 24.7 Å². The van der Waals surface area contributed by atoms with E-state index in [0.717, 1.165) is 22.5 Å². The van der Waals surface area contributed by atoms with Gasteiger partial charge >= 0.3 is 0 Å². The second-order valence-corrected chi connectivity index (χ2v) is 7.23. The first-order valence-electron chi connectivity index (χ1n) is 9.41. The van der Waals surface area contributed by atoms with E-state index in [1.54, 1.807) is 30.3 Å². The number of halogens is 1. The van der Waals surface area contributed by atoms with Crippen LogP contribution in [0.3, 0.4) is 0 Å². The highest BCUT2D eigenvalue weighted by Crippen LogP contribution is 2.21. The predicted octanol–water partition coefficient (Wildman–Crippen LogP) is 4.51. The van der Waals surface area contributed by atoms with E-state index in [1.807, 2.05) is 42.8 Å². The Morgan fingerprint density at radius 2 is 1.83 bits per heavy atom. The monoisotopic (exact) mass is 461 g/mol. The molecule has 2 aromatic heterocycles. The first-order valence-corrected chi connectivity index (χ1v) is 10.2. The largest absolute Gasteiger partial charge is 0.494 e. The van der Waals surface area contributed by atoms with E-state index in [4.69, 9.17) is 13.9 Å². The van der Waals surface area contributed by atoms with E-state index in [1.165, 1.54) is 0 Å². The molecule has 0 radical (unpaired) electrons. The topological polar surface area (TPSA) is 69.7 Å². The molecule has 0 aliphatic carbocycles. The molecule has 0 atom stereocenters. The number of amides is 1. The van der Waals surface area contributed by atoms with Crippen molar-refractivity contribution in [3.8, 4) is 11.5 Å². The predicted molar refractivity (Wildman–Crippen MR) is 112 cm³/mol. The van der Waals surface area contributed by atoms with Crippen LogP contribution in [-0.4, -0.2) is 34.2 Å². The molecule has 1 aromatic carbocycles. The molecular formula is C21H24BrN3O4. The third-order valence-corrected chi connectivity index (χ3v) is 4.98. The van der Waals surface area contributed by atoms with Crippen molar-refractivity contribution in [2.75, 3.05) is 13.7 Å². The van der Waals surface area contributed by atoms with Crippen molar-refractivity contribution in [2.45, 2.75) is 33.5 Å². The molecule has 2 heterocycles. The summed E-state index contributed by atoms with van der Waals surface area (Å²) in [5.41, 5.74) is 0.939. The second kappa shape index (κ2) is 9.65. The summed E-state index contributed by atoms with van der Waals surface area (Å²) >= 11 is 3.48. The van der Waals surface area contributed by atoms with Crippen LogP contribution in [-0.2, 0) is 19.7 Å². The van der Waals surface area contributed by atoms with Crippen LogP contribution in [0.4, 0.5) is 0 Å². The smallest absolute Gasteiger partial charge is 0.289 e. The van der Waals surface area contributed by atoms with Crippen LogP contribution >= 0.6 is 15.9 Å². The highest BCUT2D eigenvalue weighted by atomic mass is 79.9. The Morgan fingerprint density at radius 1 is 1.14 bits per heavy atom. The van der Waals surface area contributed by atoms with E-state index in [9.17, 15) is 4.79 Å². The molecular weight excluding hydrogens is 438 g/mol. The Balaban J connectivity index is 1.58. The number of aryl methyl sites for hydroxylation is 1. The molecule has 29 heavy (non-hydrogen) atoms. The lowest BCUT2D eigenvalue weighted by Crippen LogP contribution is -2.27. The molecule has 0 bridgehead atoms. The molecule has 154 valence electrons. The fourth-order valence-electron chi connectivity index (χ4n) is 2.83. The van der Waals surface area contributed by atoms with Crippen LogP contribution in [0.25, 0.3) is 0 Å². The van der Waals surface area contributed by atoms with Gasteiger partial charge in [-0.05, 0) is 66.2 Å². The van der Waals surface area contributed by atoms with Gasteiger partial charge < -0.3 is 18.8 Å². The summed E-state index contributed by atoms with van der Waals surface area (Å²) in [5, 5.41) is 4.28. The van der Waals surface area contributed by atoms with Crippen molar-refractivity contribution in [2.24, 2.45) is 0 Å². The van der Waals surface area contributed by atoms with Gasteiger partial charge in [-0.25, -0.2) is 0 Å². The number of furan rings is 1. The summed E-state index contributed by atoms with van der Waals surface area (Å²) in [5.74, 6) is 2.15. The van der Waals surface area contributed by atoms with E-state index in [-0.39, 0.29) is 18.3 Å². The van der Waals surface area contributed by atoms with E-state index in [2.05, 4.69) is 21.0 Å². The molecule has 0 saturated carbocycles. The SMILES string of the molecule is CCOc1ccc(OCc2ccc(C(=O)N(C)Cc3c(Br)cnn3CC)o2)cc1. The third-order valence-electron chi connectivity index (χ3n) is 4.32. The minimum absolute atomic E-state index is 0.201. The zero-order chi connectivity index (χ0) is 20.8. The highest BCUT2D eigenvalue weighted by molar-refractivity contribution is 9.10. The number of benzene rings is 1. The standard InChI is InChI=1S/C21H24BrN3O4/c1-4-25-19(18(22)12-23-25)13-24(3)21(26)20-11-10-17(29-20)14-28-16-8-6-15(7-9-16)27-5-2/h6-12H,4-5,13-14H2,1-3H3. The Bertz CT molecular complexity index is 949. The number of hydrogen-bond acceptors (Lipinski definition) is 5. The zero-order valence-corrected chi connectivity index (χ0v) is 18.3. The number of carbonyl (C=O) groups is 1. The van der Waals surface area contributed by atoms with Crippen molar-refractivity contribution in [1.82, 2.24) is 14.7 Å². The van der Waals surface area contributed by atoms with Crippen LogP contribution in [0.1, 0.15) is 35.9 Å². The van der Waals surface area contributed by atoms with Crippen LogP contribution < -0.4 is 9.47 Å². The molecule has 3 rings (SSSR count). The van der Waals surface area contributed by atoms with Crippen molar-refractivity contribution < 1.29 is 18.7 Å². The molecule has 0 N–H and O–H groups in total. The minimum Gasteiger partial charge on any atom is -0.494 e. The molecule has 1 amide bonds. The quantitative estimate of drug-likeness (QED) is 0.468. The highest BCUT2D eigenvalue weighted by Gasteiger charge is 2.19. The van der Waals surface area contributed by atoms with Crippen LogP contribution in [0, 0.1) is 0 Å². The molecule has 7 nitrogen and oxygen atoms in total. The molecule has 0 fully saturated rings. The Kier molecular flexibility index (Phi) is 6.98. The van der Waals surface area contributed by atoms with E-state index < -0.39 is 0 Å². The van der Waals surface area contributed by atoms with Gasteiger partial charge in [-0.3, -0.25) is 9.48 Å². The van der Waals surface area contributed by atoms with Crippen molar-refractivity contribution in [1.29, 1.82) is 0 Å². The number of hydrogen-bond donors (Lipinski definition) is 0. The Morgan fingerprint density at radius 3 is 2.48 bits per heavy atom. The molecule has 0 aliphatic rings. The van der Waals surface area contributed by atoms with Gasteiger partial charge in [-0.2, -0.15) is 5.10 Å². The fourth-order valence-corrected chi connectivity index (χ4v) is 3.25. The molecule has 0 spiro atoms. The molecule has 0 saturated heterocycles. The summed E-state index contributed by atoms with van der Waals surface area (Å²) in [4.78, 5) is 14.3. The molecule has 0 aliphatic heterocycles. The van der Waals surface area contributed by atoms with Crippen molar-refractivity contribution in [3.63, 3.8) is 0 Å². The summed E-state index contributed by atoms with van der Waals surface area (Å²) < 4.78 is 19.5. The van der Waals surface area contributed by atoms with Crippen LogP contribution in [0.15, 0.2) is 51.5 Å². The lowest BCUT2D eigenvalue weighted by Gasteiger charge is -2.17. The van der Waals surface area contributed by atoms with Gasteiger partial charge in [0.25, 0.3) is 5.91 Å². The normalized spacial score (nSPS) is 10.8. The first-order chi connectivity index (χ1) is 14.0. The summed E-state index contributed by atoms with van der Waals surface area (Å²) in [6.45, 7) is 5.96. The van der Waals surface area contributed by atoms with Gasteiger partial charge in [0.05, 0.1) is 29.5 Å². The molecule has 3 aromatic rings. The maximum Gasteiger partial charge on any atom is 0.289 e.